The van der Waals surface area contributed by atoms with Crippen LogP contribution in [0.3, 0.4) is 0 Å². The minimum Gasteiger partial charge on any atom is -0.313 e. The number of nitrogens with one attached hydrogen (secondary N) is 1. The van der Waals surface area contributed by atoms with Gasteiger partial charge < -0.3 is 5.32 Å². The van der Waals surface area contributed by atoms with E-state index in [4.69, 9.17) is 5.10 Å². The van der Waals surface area contributed by atoms with Gasteiger partial charge in [-0.15, -0.1) is 0 Å². The number of hydrogen-bond donors (Lipinski definition) is 1. The van der Waals surface area contributed by atoms with Crippen LogP contribution in [0.15, 0.2) is 0 Å². The summed E-state index contributed by atoms with van der Waals surface area (Å²) < 4.78 is 2.20. The highest BCUT2D eigenvalue weighted by Crippen LogP contribution is 2.27. The van der Waals surface area contributed by atoms with Crippen LogP contribution in [0.4, 0.5) is 0 Å². The topological polar surface area (TPSA) is 29.9 Å². The molecular weight excluding hydrogens is 210 g/mol. The molecule has 1 heterocycles. The molecule has 1 aromatic heterocycles. The molecule has 0 aliphatic carbocycles. The zero-order valence-electron chi connectivity index (χ0n) is 12.2. The van der Waals surface area contributed by atoms with Gasteiger partial charge in [0, 0.05) is 23.3 Å². The number of aryl methyl sites for hydroxylation is 1. The molecular formula is C14H27N3. The fourth-order valence-electron chi connectivity index (χ4n) is 2.53. The molecule has 3 heteroatoms. The molecule has 1 unspecified atom stereocenters. The smallest absolute Gasteiger partial charge is 0.0672 e. The second-order valence-electron chi connectivity index (χ2n) is 4.80. The van der Waals surface area contributed by atoms with E-state index in [-0.39, 0.29) is 0 Å². The molecule has 1 atom stereocenters. The molecule has 0 amide bonds. The van der Waals surface area contributed by atoms with Crippen LogP contribution >= 0.6 is 0 Å². The largest absolute Gasteiger partial charge is 0.313 e. The van der Waals surface area contributed by atoms with Gasteiger partial charge in [-0.05, 0) is 40.2 Å². The van der Waals surface area contributed by atoms with Crippen molar-refractivity contribution in [1.82, 2.24) is 15.1 Å². The zero-order chi connectivity index (χ0) is 13.0. The van der Waals surface area contributed by atoms with Crippen molar-refractivity contribution in [3.63, 3.8) is 0 Å². The van der Waals surface area contributed by atoms with E-state index in [1.165, 1.54) is 17.0 Å². The molecule has 0 fully saturated rings. The predicted molar refractivity (Wildman–Crippen MR) is 73.5 cm³/mol. The van der Waals surface area contributed by atoms with Crippen LogP contribution in [0, 0.1) is 0 Å². The molecule has 0 saturated heterocycles. The maximum absolute atomic E-state index is 4.79. The molecule has 0 radical (unpaired) electrons. The van der Waals surface area contributed by atoms with E-state index in [9.17, 15) is 0 Å². The van der Waals surface area contributed by atoms with Gasteiger partial charge in [-0.2, -0.15) is 5.10 Å². The van der Waals surface area contributed by atoms with E-state index in [1.54, 1.807) is 0 Å². The van der Waals surface area contributed by atoms with Crippen LogP contribution in [-0.2, 0) is 12.8 Å². The molecule has 98 valence electrons. The maximum Gasteiger partial charge on any atom is 0.0672 e. The van der Waals surface area contributed by atoms with Gasteiger partial charge >= 0.3 is 0 Å². The molecule has 0 saturated carbocycles. The Hall–Kier alpha value is -0.830. The Morgan fingerprint density at radius 2 is 1.82 bits per heavy atom. The molecule has 0 spiro atoms. The fourth-order valence-corrected chi connectivity index (χ4v) is 2.53. The molecule has 17 heavy (non-hydrogen) atoms. The van der Waals surface area contributed by atoms with Crippen LogP contribution in [-0.4, -0.2) is 16.8 Å². The predicted octanol–water partition coefficient (Wildman–Crippen LogP) is 3.26. The van der Waals surface area contributed by atoms with Crippen LogP contribution < -0.4 is 5.32 Å². The van der Waals surface area contributed by atoms with Crippen molar-refractivity contribution in [3.8, 4) is 0 Å². The molecule has 3 nitrogen and oxygen atoms in total. The first-order chi connectivity index (χ1) is 8.10. The molecule has 0 aromatic carbocycles. The Kier molecular flexibility index (Phi) is 5.19. The lowest BCUT2D eigenvalue weighted by atomic mass is 9.99. The fraction of sp³-hybridized carbons (Fsp3) is 0.786. The van der Waals surface area contributed by atoms with Crippen molar-refractivity contribution in [3.05, 3.63) is 17.0 Å². The third-order valence-electron chi connectivity index (χ3n) is 3.39. The highest BCUT2D eigenvalue weighted by atomic mass is 15.3. The summed E-state index contributed by atoms with van der Waals surface area (Å²) in [6.07, 6.45) is 3.18. The second-order valence-corrected chi connectivity index (χ2v) is 4.80. The van der Waals surface area contributed by atoms with Gasteiger partial charge in [-0.3, -0.25) is 4.68 Å². The van der Waals surface area contributed by atoms with Crippen molar-refractivity contribution >= 4 is 0 Å². The maximum atomic E-state index is 4.79. The highest BCUT2D eigenvalue weighted by molar-refractivity contribution is 5.30. The lowest BCUT2D eigenvalue weighted by Crippen LogP contribution is -2.18. The summed E-state index contributed by atoms with van der Waals surface area (Å²) >= 11 is 0. The zero-order valence-corrected chi connectivity index (χ0v) is 12.2. The Balaban J connectivity index is 3.33. The van der Waals surface area contributed by atoms with Gasteiger partial charge in [0.15, 0.2) is 0 Å². The first-order valence-corrected chi connectivity index (χ1v) is 6.87. The average molecular weight is 237 g/mol. The average Bonchev–Trinajstić information content (AvgIpc) is 2.69. The van der Waals surface area contributed by atoms with Crippen molar-refractivity contribution in [1.29, 1.82) is 0 Å². The first-order valence-electron chi connectivity index (χ1n) is 6.87. The standard InChI is InChI=1S/C14H27N3/c1-7-11(15-6)14-12(8-2)16-17(10(4)5)13(14)9-3/h10-11,15H,7-9H2,1-6H3. The monoisotopic (exact) mass is 237 g/mol. The molecule has 1 N–H and O–H groups in total. The number of aromatic nitrogens is 2. The minimum absolute atomic E-state index is 0.437. The van der Waals surface area contributed by atoms with E-state index in [1.807, 2.05) is 7.05 Å². The Bertz CT molecular complexity index is 349. The number of nitrogens with zero attached hydrogens (tertiary/aromatic N) is 2. The van der Waals surface area contributed by atoms with Crippen LogP contribution in [0.25, 0.3) is 0 Å². The number of rotatable bonds is 6. The highest BCUT2D eigenvalue weighted by Gasteiger charge is 2.22. The van der Waals surface area contributed by atoms with E-state index < -0.39 is 0 Å². The summed E-state index contributed by atoms with van der Waals surface area (Å²) in [7, 11) is 2.04. The van der Waals surface area contributed by atoms with Gasteiger partial charge in [-0.1, -0.05) is 20.8 Å². The summed E-state index contributed by atoms with van der Waals surface area (Å²) in [6.45, 7) is 11.1. The van der Waals surface area contributed by atoms with Crippen molar-refractivity contribution in [2.75, 3.05) is 7.05 Å². The lowest BCUT2D eigenvalue weighted by molar-refractivity contribution is 0.502. The Morgan fingerprint density at radius 3 is 2.18 bits per heavy atom. The minimum atomic E-state index is 0.437. The molecule has 1 rings (SSSR count). The molecule has 0 aliphatic heterocycles. The van der Waals surface area contributed by atoms with Gasteiger partial charge in [0.25, 0.3) is 0 Å². The Morgan fingerprint density at radius 1 is 1.18 bits per heavy atom. The van der Waals surface area contributed by atoms with E-state index >= 15 is 0 Å². The molecule has 1 aromatic rings. The third kappa shape index (κ3) is 2.71. The first kappa shape index (κ1) is 14.2. The van der Waals surface area contributed by atoms with Gasteiger partial charge in [0.1, 0.15) is 0 Å². The van der Waals surface area contributed by atoms with Gasteiger partial charge in [-0.25, -0.2) is 0 Å². The SMILES string of the molecule is CCc1nn(C(C)C)c(CC)c1C(CC)NC. The Labute approximate surface area is 106 Å². The quantitative estimate of drug-likeness (QED) is 0.823. The summed E-state index contributed by atoms with van der Waals surface area (Å²) in [5.41, 5.74) is 4.10. The summed E-state index contributed by atoms with van der Waals surface area (Å²) in [4.78, 5) is 0. The molecule has 0 aliphatic rings. The van der Waals surface area contributed by atoms with Crippen LogP contribution in [0.5, 0.6) is 0 Å². The lowest BCUT2D eigenvalue weighted by Gasteiger charge is -2.17. The van der Waals surface area contributed by atoms with Crippen molar-refractivity contribution in [2.45, 2.75) is 66.0 Å². The van der Waals surface area contributed by atoms with Crippen LogP contribution in [0.1, 0.15) is 70.1 Å². The number of hydrogen-bond acceptors (Lipinski definition) is 2. The third-order valence-corrected chi connectivity index (χ3v) is 3.39. The van der Waals surface area contributed by atoms with E-state index in [2.05, 4.69) is 44.6 Å². The summed E-state index contributed by atoms with van der Waals surface area (Å²) in [5.74, 6) is 0. The normalized spacial score (nSPS) is 13.4. The van der Waals surface area contributed by atoms with Gasteiger partial charge in [0.2, 0.25) is 0 Å². The van der Waals surface area contributed by atoms with E-state index in [0.717, 1.165) is 19.3 Å². The van der Waals surface area contributed by atoms with Crippen molar-refractivity contribution in [2.24, 2.45) is 0 Å². The van der Waals surface area contributed by atoms with Crippen LogP contribution in [0.2, 0.25) is 0 Å². The second kappa shape index (κ2) is 6.20. The van der Waals surface area contributed by atoms with Crippen molar-refractivity contribution < 1.29 is 0 Å². The molecule has 0 bridgehead atoms. The van der Waals surface area contributed by atoms with Gasteiger partial charge in [0.05, 0.1) is 5.69 Å². The van der Waals surface area contributed by atoms with E-state index in [0.29, 0.717) is 12.1 Å². The summed E-state index contributed by atoms with van der Waals surface area (Å²) in [5, 5.41) is 8.21. The summed E-state index contributed by atoms with van der Waals surface area (Å²) in [6, 6.07) is 0.880.